The number of aromatic nitrogens is 1. The molecule has 1 fully saturated rings. The largest absolute Gasteiger partial charge is 0.469 e. The summed E-state index contributed by atoms with van der Waals surface area (Å²) >= 11 is 1.59. The van der Waals surface area contributed by atoms with Gasteiger partial charge in [-0.15, -0.1) is 11.3 Å². The summed E-state index contributed by atoms with van der Waals surface area (Å²) in [6.45, 7) is 2.86. The molecule has 0 aliphatic heterocycles. The molecular formula is C21H28N2O3S. The summed E-state index contributed by atoms with van der Waals surface area (Å²) < 4.78 is 7.08. The van der Waals surface area contributed by atoms with Gasteiger partial charge in [-0.25, -0.2) is 0 Å². The first-order valence-corrected chi connectivity index (χ1v) is 10.5. The van der Waals surface area contributed by atoms with Crippen LogP contribution in [0.2, 0.25) is 0 Å². The Morgan fingerprint density at radius 1 is 1.30 bits per heavy atom. The second-order valence-electron chi connectivity index (χ2n) is 7.31. The first kappa shape index (κ1) is 19.7. The number of carbonyl (C=O) groups is 2. The number of rotatable bonds is 7. The van der Waals surface area contributed by atoms with Crippen LogP contribution in [0.15, 0.2) is 17.5 Å². The molecule has 1 aliphatic rings. The predicted molar refractivity (Wildman–Crippen MR) is 108 cm³/mol. The molecule has 5 nitrogen and oxygen atoms in total. The van der Waals surface area contributed by atoms with Crippen LogP contribution in [0, 0.1) is 12.8 Å². The van der Waals surface area contributed by atoms with Crippen molar-refractivity contribution in [1.29, 1.82) is 0 Å². The average molecular weight is 389 g/mol. The van der Waals surface area contributed by atoms with Gasteiger partial charge >= 0.3 is 5.97 Å². The SMILES string of the molecule is COC(=O)CCc1c(-c2cccs2)c(C(N)=O)c(C)n1CC1CCCCC1. The van der Waals surface area contributed by atoms with E-state index < -0.39 is 5.91 Å². The minimum atomic E-state index is -0.405. The molecule has 0 unspecified atom stereocenters. The maximum absolute atomic E-state index is 12.3. The summed E-state index contributed by atoms with van der Waals surface area (Å²) in [7, 11) is 1.41. The average Bonchev–Trinajstić information content (AvgIpc) is 3.28. The van der Waals surface area contributed by atoms with Crippen LogP contribution in [0.3, 0.4) is 0 Å². The van der Waals surface area contributed by atoms with Crippen LogP contribution < -0.4 is 5.73 Å². The van der Waals surface area contributed by atoms with Gasteiger partial charge in [-0.3, -0.25) is 9.59 Å². The smallest absolute Gasteiger partial charge is 0.305 e. The van der Waals surface area contributed by atoms with Crippen molar-refractivity contribution in [3.8, 4) is 10.4 Å². The topological polar surface area (TPSA) is 74.3 Å². The Bertz CT molecular complexity index is 802. The normalized spacial score (nSPS) is 15.0. The zero-order valence-electron chi connectivity index (χ0n) is 16.1. The fraction of sp³-hybridized carbons (Fsp3) is 0.524. The van der Waals surface area contributed by atoms with Crippen molar-refractivity contribution in [3.05, 3.63) is 34.5 Å². The summed E-state index contributed by atoms with van der Waals surface area (Å²) in [5.74, 6) is -0.0351. The molecule has 0 aromatic carbocycles. The zero-order chi connectivity index (χ0) is 19.4. The lowest BCUT2D eigenvalue weighted by molar-refractivity contribution is -0.140. The summed E-state index contributed by atoms with van der Waals surface area (Å²) in [6.07, 6.45) is 7.11. The highest BCUT2D eigenvalue weighted by molar-refractivity contribution is 7.13. The van der Waals surface area contributed by atoms with E-state index in [0.29, 0.717) is 24.3 Å². The maximum Gasteiger partial charge on any atom is 0.305 e. The number of amides is 1. The molecular weight excluding hydrogens is 360 g/mol. The summed E-state index contributed by atoms with van der Waals surface area (Å²) in [4.78, 5) is 25.1. The second kappa shape index (κ2) is 8.74. The van der Waals surface area contributed by atoms with Crippen LogP contribution in [0.4, 0.5) is 0 Å². The van der Waals surface area contributed by atoms with Crippen LogP contribution in [0.5, 0.6) is 0 Å². The molecule has 0 saturated heterocycles. The Kier molecular flexibility index (Phi) is 6.37. The van der Waals surface area contributed by atoms with Crippen molar-refractivity contribution in [2.45, 2.75) is 58.4 Å². The molecule has 2 aromatic rings. The standard InChI is InChI=1S/C21H28N2O3S/c1-14-19(21(22)25)20(17-9-6-12-27-17)16(10-11-18(24)26-2)23(14)13-15-7-4-3-5-8-15/h6,9,12,15H,3-5,7-8,10-11,13H2,1-2H3,(H2,22,25). The van der Waals surface area contributed by atoms with E-state index in [4.69, 9.17) is 10.5 Å². The number of carbonyl (C=O) groups excluding carboxylic acids is 2. The van der Waals surface area contributed by atoms with Gasteiger partial charge in [-0.05, 0) is 43.6 Å². The van der Waals surface area contributed by atoms with Crippen molar-refractivity contribution < 1.29 is 14.3 Å². The molecule has 3 rings (SSSR count). The van der Waals surface area contributed by atoms with Gasteiger partial charge in [0.25, 0.3) is 5.91 Å². The van der Waals surface area contributed by atoms with E-state index in [1.54, 1.807) is 11.3 Å². The molecule has 2 heterocycles. The third kappa shape index (κ3) is 4.26. The van der Waals surface area contributed by atoms with E-state index in [1.165, 1.54) is 39.2 Å². The molecule has 1 saturated carbocycles. The lowest BCUT2D eigenvalue weighted by Gasteiger charge is -2.24. The van der Waals surface area contributed by atoms with E-state index >= 15 is 0 Å². The predicted octanol–water partition coefficient (Wildman–Crippen LogP) is 4.31. The molecule has 6 heteroatoms. The number of thiophene rings is 1. The lowest BCUT2D eigenvalue weighted by atomic mass is 9.89. The molecule has 0 atom stereocenters. The van der Waals surface area contributed by atoms with Gasteiger partial charge in [-0.2, -0.15) is 0 Å². The van der Waals surface area contributed by atoms with Crippen LogP contribution in [-0.2, 0) is 22.5 Å². The van der Waals surface area contributed by atoms with Crippen molar-refractivity contribution in [2.75, 3.05) is 7.11 Å². The van der Waals surface area contributed by atoms with Crippen molar-refractivity contribution in [3.63, 3.8) is 0 Å². The molecule has 1 aliphatic carbocycles. The monoisotopic (exact) mass is 388 g/mol. The Labute approximate surface area is 164 Å². The minimum absolute atomic E-state index is 0.240. The van der Waals surface area contributed by atoms with E-state index in [1.807, 2.05) is 24.4 Å². The Balaban J connectivity index is 2.07. The number of hydrogen-bond acceptors (Lipinski definition) is 4. The minimum Gasteiger partial charge on any atom is -0.469 e. The first-order chi connectivity index (χ1) is 13.0. The van der Waals surface area contributed by atoms with Gasteiger partial charge in [0, 0.05) is 28.4 Å². The van der Waals surface area contributed by atoms with Crippen LogP contribution in [0.1, 0.15) is 60.3 Å². The molecule has 2 N–H and O–H groups in total. The molecule has 0 bridgehead atoms. The number of hydrogen-bond donors (Lipinski definition) is 1. The van der Waals surface area contributed by atoms with E-state index in [9.17, 15) is 9.59 Å². The number of esters is 1. The molecule has 0 spiro atoms. The van der Waals surface area contributed by atoms with Gasteiger partial charge < -0.3 is 15.0 Å². The van der Waals surface area contributed by atoms with E-state index in [2.05, 4.69) is 4.57 Å². The van der Waals surface area contributed by atoms with E-state index in [-0.39, 0.29) is 5.97 Å². The highest BCUT2D eigenvalue weighted by Gasteiger charge is 2.27. The molecule has 1 amide bonds. The van der Waals surface area contributed by atoms with Crippen molar-refractivity contribution in [1.82, 2.24) is 4.57 Å². The third-order valence-corrected chi connectivity index (χ3v) is 6.49. The number of nitrogens with two attached hydrogens (primary N) is 1. The zero-order valence-corrected chi connectivity index (χ0v) is 16.9. The number of methoxy groups -OCH3 is 1. The summed E-state index contributed by atoms with van der Waals surface area (Å²) in [5.41, 5.74) is 9.21. The van der Waals surface area contributed by atoms with E-state index in [0.717, 1.165) is 28.4 Å². The Hall–Kier alpha value is -2.08. The van der Waals surface area contributed by atoms with Gasteiger partial charge in [-0.1, -0.05) is 25.3 Å². The van der Waals surface area contributed by atoms with Crippen molar-refractivity contribution >= 4 is 23.2 Å². The van der Waals surface area contributed by atoms with Crippen LogP contribution >= 0.6 is 11.3 Å². The van der Waals surface area contributed by atoms with Crippen molar-refractivity contribution in [2.24, 2.45) is 11.7 Å². The number of ether oxygens (including phenoxy) is 1. The fourth-order valence-corrected chi connectivity index (χ4v) is 5.04. The first-order valence-electron chi connectivity index (χ1n) is 9.65. The van der Waals surface area contributed by atoms with Gasteiger partial charge in [0.05, 0.1) is 19.1 Å². The van der Waals surface area contributed by atoms with Crippen LogP contribution in [-0.4, -0.2) is 23.6 Å². The highest BCUT2D eigenvalue weighted by atomic mass is 32.1. The van der Waals surface area contributed by atoms with Gasteiger partial charge in [0.1, 0.15) is 0 Å². The molecule has 146 valence electrons. The van der Waals surface area contributed by atoms with Gasteiger partial charge in [0.15, 0.2) is 0 Å². The van der Waals surface area contributed by atoms with Gasteiger partial charge in [0.2, 0.25) is 0 Å². The summed E-state index contributed by atoms with van der Waals surface area (Å²) in [5, 5.41) is 2.00. The number of nitrogens with zero attached hydrogens (tertiary/aromatic N) is 1. The Morgan fingerprint density at radius 2 is 2.04 bits per heavy atom. The molecule has 0 radical (unpaired) electrons. The lowest BCUT2D eigenvalue weighted by Crippen LogP contribution is -2.18. The number of primary amides is 1. The van der Waals surface area contributed by atoms with Crippen LogP contribution in [0.25, 0.3) is 10.4 Å². The fourth-order valence-electron chi connectivity index (χ4n) is 4.24. The molecule has 27 heavy (non-hydrogen) atoms. The second-order valence-corrected chi connectivity index (χ2v) is 8.26. The maximum atomic E-state index is 12.3. The molecule has 2 aromatic heterocycles. The highest BCUT2D eigenvalue weighted by Crippen LogP contribution is 2.37. The quantitative estimate of drug-likeness (QED) is 0.718. The third-order valence-electron chi connectivity index (χ3n) is 5.60. The Morgan fingerprint density at radius 3 is 2.63 bits per heavy atom. The summed E-state index contributed by atoms with van der Waals surface area (Å²) in [6, 6.07) is 3.99.